The maximum Gasteiger partial charge on any atom is 0.231 e. The molecule has 6 rings (SSSR count). The van der Waals surface area contributed by atoms with Crippen molar-refractivity contribution in [1.82, 2.24) is 29.9 Å². The smallest absolute Gasteiger partial charge is 0.231 e. The van der Waals surface area contributed by atoms with Gasteiger partial charge in [0.15, 0.2) is 0 Å². The summed E-state index contributed by atoms with van der Waals surface area (Å²) in [5.41, 5.74) is 10.2. The van der Waals surface area contributed by atoms with Crippen LogP contribution in [0.1, 0.15) is 70.0 Å². The molecule has 0 radical (unpaired) electrons. The fourth-order valence-electron chi connectivity index (χ4n) is 5.23. The zero-order valence-corrected chi connectivity index (χ0v) is 29.4. The van der Waals surface area contributed by atoms with Gasteiger partial charge in [0, 0.05) is 12.8 Å². The van der Waals surface area contributed by atoms with Crippen molar-refractivity contribution in [1.29, 1.82) is 0 Å². The molecule has 4 aromatic carbocycles. The minimum Gasteiger partial charge on any atom is -0.388 e. The van der Waals surface area contributed by atoms with Gasteiger partial charge in [-0.1, -0.05) is 26.0 Å². The molecule has 6 aromatic rings. The van der Waals surface area contributed by atoms with E-state index in [4.69, 9.17) is 0 Å². The summed E-state index contributed by atoms with van der Waals surface area (Å²) in [6, 6.07) is 23.3. The number of nitrogens with zero attached hydrogens (tertiary/aromatic N) is 6. The summed E-state index contributed by atoms with van der Waals surface area (Å²) < 4.78 is 0. The van der Waals surface area contributed by atoms with E-state index in [9.17, 15) is 0 Å². The SMILES string of the molecule is [CH2-]c1ccc([CH2-])c(Nc2nc(CC)nc(Nc3ccc(/C=C/c4ccc(Nc5nc(CC)nc(Nc6cc([CH2-])ccc6[CH2-])n5)cc4[CH2-])c([CH2-])c3)n2)c1. The molecule has 264 valence electrons. The first-order valence-corrected chi connectivity index (χ1v) is 16.8. The molecule has 0 fully saturated rings. The normalized spacial score (nSPS) is 11.0. The lowest BCUT2D eigenvalue weighted by Gasteiger charge is -2.21. The lowest BCUT2D eigenvalue weighted by Crippen LogP contribution is -2.07. The molecule has 0 saturated carbocycles. The predicted octanol–water partition coefficient (Wildman–Crippen LogP) is 9.42. The van der Waals surface area contributed by atoms with Gasteiger partial charge in [0.2, 0.25) is 23.8 Å². The van der Waals surface area contributed by atoms with Gasteiger partial charge in [-0.25, -0.2) is 49.2 Å². The first-order chi connectivity index (χ1) is 25.0. The Labute approximate surface area is 306 Å². The van der Waals surface area contributed by atoms with E-state index in [1.165, 1.54) is 0 Å². The highest BCUT2D eigenvalue weighted by molar-refractivity contribution is 5.76. The lowest BCUT2D eigenvalue weighted by molar-refractivity contribution is 0.909. The van der Waals surface area contributed by atoms with Crippen molar-refractivity contribution in [2.24, 2.45) is 0 Å². The zero-order valence-electron chi connectivity index (χ0n) is 29.4. The maximum absolute atomic E-state index is 4.59. The summed E-state index contributed by atoms with van der Waals surface area (Å²) in [6.07, 6.45) is 5.33. The van der Waals surface area contributed by atoms with Crippen LogP contribution in [0.25, 0.3) is 12.2 Å². The molecule has 0 amide bonds. The summed E-state index contributed by atoms with van der Waals surface area (Å²) >= 11 is 0. The van der Waals surface area contributed by atoms with Crippen molar-refractivity contribution in [2.45, 2.75) is 26.7 Å². The Balaban J connectivity index is 1.14. The molecule has 0 atom stereocenters. The Bertz CT molecular complexity index is 2100. The molecule has 0 aliphatic carbocycles. The Morgan fingerprint density at radius 2 is 0.827 bits per heavy atom. The fourth-order valence-corrected chi connectivity index (χ4v) is 5.23. The van der Waals surface area contributed by atoms with E-state index in [1.54, 1.807) is 0 Å². The van der Waals surface area contributed by atoms with E-state index in [1.807, 2.05) is 98.8 Å². The van der Waals surface area contributed by atoms with E-state index in [0.717, 1.165) is 67.3 Å². The molecule has 0 saturated heterocycles. The lowest BCUT2D eigenvalue weighted by atomic mass is 10.0. The van der Waals surface area contributed by atoms with Gasteiger partial charge in [0.25, 0.3) is 0 Å². The van der Waals surface area contributed by atoms with Gasteiger partial charge in [-0.15, -0.1) is 58.9 Å². The third-order valence-corrected chi connectivity index (χ3v) is 8.08. The molecule has 10 nitrogen and oxygen atoms in total. The van der Waals surface area contributed by atoms with Crippen molar-refractivity contribution in [3.8, 4) is 0 Å². The molecule has 4 N–H and O–H groups in total. The maximum atomic E-state index is 4.59. The largest absolute Gasteiger partial charge is 0.388 e. The number of benzene rings is 4. The van der Waals surface area contributed by atoms with Gasteiger partial charge in [-0.3, -0.25) is 0 Å². The number of aryl methyl sites for hydroxylation is 2. The van der Waals surface area contributed by atoms with Crippen LogP contribution in [0.5, 0.6) is 0 Å². The zero-order chi connectivity index (χ0) is 36.8. The van der Waals surface area contributed by atoms with Crippen LogP contribution in [0.4, 0.5) is 46.5 Å². The third-order valence-electron chi connectivity index (χ3n) is 8.08. The van der Waals surface area contributed by atoms with E-state index in [0.29, 0.717) is 48.3 Å². The van der Waals surface area contributed by atoms with Crippen molar-refractivity contribution < 1.29 is 0 Å². The molecule has 2 heterocycles. The summed E-state index contributed by atoms with van der Waals surface area (Å²) in [6.45, 7) is 28.7. The number of hydrogen-bond donors (Lipinski definition) is 4. The van der Waals surface area contributed by atoms with Crippen molar-refractivity contribution in [2.75, 3.05) is 21.3 Å². The first-order valence-electron chi connectivity index (χ1n) is 16.8. The quantitative estimate of drug-likeness (QED) is 0.0732. The van der Waals surface area contributed by atoms with Gasteiger partial charge in [-0.05, 0) is 11.4 Å². The van der Waals surface area contributed by atoms with Crippen LogP contribution in [0.3, 0.4) is 0 Å². The predicted molar refractivity (Wildman–Crippen MR) is 213 cm³/mol. The number of anilines is 8. The summed E-state index contributed by atoms with van der Waals surface area (Å²) in [5.74, 6) is 3.01. The molecule has 0 bridgehead atoms. The van der Waals surface area contributed by atoms with Crippen molar-refractivity contribution >= 4 is 58.7 Å². The van der Waals surface area contributed by atoms with Crippen LogP contribution >= 0.6 is 0 Å². The number of hydrogen-bond acceptors (Lipinski definition) is 10. The third kappa shape index (κ3) is 8.61. The summed E-state index contributed by atoms with van der Waals surface area (Å²) in [4.78, 5) is 27.4. The molecule has 0 spiro atoms. The highest BCUT2D eigenvalue weighted by Crippen LogP contribution is 2.26. The van der Waals surface area contributed by atoms with Crippen LogP contribution in [-0.2, 0) is 12.8 Å². The highest BCUT2D eigenvalue weighted by atomic mass is 15.2. The van der Waals surface area contributed by atoms with E-state index < -0.39 is 0 Å². The number of nitrogens with one attached hydrogen (secondary N) is 4. The van der Waals surface area contributed by atoms with Gasteiger partial charge in [-0.2, -0.15) is 92.0 Å². The molecule has 0 aliphatic rings. The topological polar surface area (TPSA) is 125 Å². The van der Waals surface area contributed by atoms with Gasteiger partial charge < -0.3 is 21.3 Å². The average molecular weight is 685 g/mol. The highest BCUT2D eigenvalue weighted by Gasteiger charge is 2.07. The molecule has 0 aliphatic heterocycles. The number of aromatic nitrogens is 6. The molecule has 10 heteroatoms. The standard InChI is InChI=1S/C42H40N10/c1-9-37-47-39(51-41(49-37)45-35-21-25(3)11-13-27(35)5)43-33-19-17-31(29(7)23-33)15-16-32-18-20-34(24-30(32)8)44-40-48-38(10-2)50-42(52-40)46-36-22-26(4)12-14-28(36)6/h11-24H,3-10H2,1-2H3,(H2,43,45,47,49,51)(H2,44,46,48,50,52)/q-6/b16-15+. The van der Waals surface area contributed by atoms with Gasteiger partial charge in [0.1, 0.15) is 11.6 Å². The molecule has 0 unspecified atom stereocenters. The van der Waals surface area contributed by atoms with Gasteiger partial charge >= 0.3 is 0 Å². The Morgan fingerprint density at radius 3 is 1.19 bits per heavy atom. The molecule has 52 heavy (non-hydrogen) atoms. The average Bonchev–Trinajstić information content (AvgIpc) is 3.11. The molecular formula is C42H40N10-6. The second-order valence-electron chi connectivity index (χ2n) is 12.1. The van der Waals surface area contributed by atoms with E-state index >= 15 is 0 Å². The van der Waals surface area contributed by atoms with Crippen LogP contribution in [0.2, 0.25) is 0 Å². The van der Waals surface area contributed by atoms with Crippen LogP contribution < -0.4 is 21.3 Å². The fraction of sp³-hybridized carbons (Fsp3) is 0.0952. The monoisotopic (exact) mass is 684 g/mol. The van der Waals surface area contributed by atoms with E-state index in [2.05, 4.69) is 92.7 Å². The van der Waals surface area contributed by atoms with Crippen molar-refractivity contribution in [3.05, 3.63) is 170 Å². The first kappa shape index (κ1) is 34.9. The Morgan fingerprint density at radius 1 is 0.442 bits per heavy atom. The number of rotatable bonds is 12. The van der Waals surface area contributed by atoms with Crippen LogP contribution in [0, 0.1) is 41.5 Å². The summed E-state index contributed by atoms with van der Waals surface area (Å²) in [5, 5.41) is 13.1. The van der Waals surface area contributed by atoms with E-state index in [-0.39, 0.29) is 0 Å². The Hall–Kier alpha value is -6.94. The molecular weight excluding hydrogens is 645 g/mol. The van der Waals surface area contributed by atoms with Crippen molar-refractivity contribution in [3.63, 3.8) is 0 Å². The minimum atomic E-state index is 0.425. The minimum absolute atomic E-state index is 0.425. The second kappa shape index (κ2) is 15.3. The Kier molecular flexibility index (Phi) is 10.3. The summed E-state index contributed by atoms with van der Waals surface area (Å²) in [7, 11) is 0. The molecule has 2 aromatic heterocycles. The van der Waals surface area contributed by atoms with Gasteiger partial charge in [0.05, 0.1) is 0 Å². The van der Waals surface area contributed by atoms with Crippen LogP contribution in [0.15, 0.2) is 72.8 Å². The van der Waals surface area contributed by atoms with Crippen LogP contribution in [-0.4, -0.2) is 29.9 Å². The second-order valence-corrected chi connectivity index (χ2v) is 12.1.